The second-order valence-electron chi connectivity index (χ2n) is 7.82. The molecule has 2 aromatic rings. The summed E-state index contributed by atoms with van der Waals surface area (Å²) in [4.78, 5) is 19.6. The van der Waals surface area contributed by atoms with Crippen LogP contribution in [0.5, 0.6) is 0 Å². The lowest BCUT2D eigenvalue weighted by Crippen LogP contribution is -2.47. The Labute approximate surface area is 206 Å². The number of nitro benzene ring substituents is 1. The fraction of sp³-hybridized carbons (Fsp3) is 0.435. The Kier molecular flexibility index (Phi) is 10.7. The standard InChI is InChI=1S/C23H31N5O3.HI/c1-26(20-6-3-2-4-7-20)15-5-14-24-23(27-16-12-22(29)13-17-27)25-18-19-8-10-21(11-9-19)28(30)31;/h2-4,6-11,22,29H,5,12-18H2,1H3,(H,24,25);1H. The van der Waals surface area contributed by atoms with Gasteiger partial charge in [0.15, 0.2) is 5.96 Å². The van der Waals surface area contributed by atoms with Gasteiger partial charge in [-0.15, -0.1) is 24.0 Å². The molecule has 32 heavy (non-hydrogen) atoms. The van der Waals surface area contributed by atoms with Crippen LogP contribution in [0.1, 0.15) is 24.8 Å². The molecular formula is C23H32IN5O3. The quantitative estimate of drug-likeness (QED) is 0.130. The third-order valence-corrected chi connectivity index (χ3v) is 5.47. The summed E-state index contributed by atoms with van der Waals surface area (Å²) in [6.45, 7) is 3.68. The second kappa shape index (κ2) is 13.2. The number of rotatable bonds is 8. The van der Waals surface area contributed by atoms with Crippen LogP contribution in [0.4, 0.5) is 11.4 Å². The number of piperidine rings is 1. The van der Waals surface area contributed by atoms with Gasteiger partial charge in [0.25, 0.3) is 5.69 Å². The number of non-ortho nitro benzene ring substituents is 1. The number of nitrogens with one attached hydrogen (secondary N) is 1. The Morgan fingerprint density at radius 2 is 1.84 bits per heavy atom. The predicted octanol–water partition coefficient (Wildman–Crippen LogP) is 3.64. The molecule has 0 unspecified atom stereocenters. The van der Waals surface area contributed by atoms with Gasteiger partial charge >= 0.3 is 0 Å². The van der Waals surface area contributed by atoms with Crippen molar-refractivity contribution in [3.8, 4) is 0 Å². The van der Waals surface area contributed by atoms with Gasteiger partial charge in [0.05, 0.1) is 17.6 Å². The summed E-state index contributed by atoms with van der Waals surface area (Å²) in [5, 5.41) is 24.1. The van der Waals surface area contributed by atoms with Crippen molar-refractivity contribution in [2.45, 2.75) is 31.9 Å². The smallest absolute Gasteiger partial charge is 0.269 e. The molecule has 1 fully saturated rings. The average Bonchev–Trinajstić information content (AvgIpc) is 2.80. The molecule has 0 amide bonds. The van der Waals surface area contributed by atoms with E-state index in [1.54, 1.807) is 12.1 Å². The lowest BCUT2D eigenvalue weighted by molar-refractivity contribution is -0.384. The Balaban J connectivity index is 0.00000363. The van der Waals surface area contributed by atoms with E-state index in [2.05, 4.69) is 34.3 Å². The van der Waals surface area contributed by atoms with E-state index in [9.17, 15) is 15.2 Å². The van der Waals surface area contributed by atoms with Gasteiger partial charge in [-0.1, -0.05) is 30.3 Å². The number of likely N-dealkylation sites (tertiary alicyclic amines) is 1. The van der Waals surface area contributed by atoms with Crippen molar-refractivity contribution in [1.82, 2.24) is 10.2 Å². The zero-order chi connectivity index (χ0) is 22.1. The van der Waals surface area contributed by atoms with Crippen LogP contribution in [-0.4, -0.2) is 60.2 Å². The van der Waals surface area contributed by atoms with Crippen LogP contribution >= 0.6 is 24.0 Å². The summed E-state index contributed by atoms with van der Waals surface area (Å²) >= 11 is 0. The predicted molar refractivity (Wildman–Crippen MR) is 139 cm³/mol. The monoisotopic (exact) mass is 553 g/mol. The number of aliphatic imine (C=N–C) groups is 1. The molecule has 3 rings (SSSR count). The molecule has 1 heterocycles. The number of benzene rings is 2. The highest BCUT2D eigenvalue weighted by atomic mass is 127. The topological polar surface area (TPSA) is 94.2 Å². The molecule has 9 heteroatoms. The van der Waals surface area contributed by atoms with E-state index in [1.807, 2.05) is 18.2 Å². The van der Waals surface area contributed by atoms with Crippen LogP contribution in [0.15, 0.2) is 59.6 Å². The van der Waals surface area contributed by atoms with Gasteiger partial charge in [-0.3, -0.25) is 10.1 Å². The second-order valence-corrected chi connectivity index (χ2v) is 7.82. The average molecular weight is 553 g/mol. The summed E-state index contributed by atoms with van der Waals surface area (Å²) in [6, 6.07) is 16.8. The largest absolute Gasteiger partial charge is 0.393 e. The third-order valence-electron chi connectivity index (χ3n) is 5.47. The van der Waals surface area contributed by atoms with Crippen molar-refractivity contribution in [3.63, 3.8) is 0 Å². The highest BCUT2D eigenvalue weighted by molar-refractivity contribution is 14.0. The number of nitro groups is 1. The van der Waals surface area contributed by atoms with Crippen molar-refractivity contribution in [3.05, 3.63) is 70.3 Å². The van der Waals surface area contributed by atoms with Crippen LogP contribution in [0.25, 0.3) is 0 Å². The molecule has 8 nitrogen and oxygen atoms in total. The lowest BCUT2D eigenvalue weighted by atomic mass is 10.1. The minimum absolute atomic E-state index is 0. The molecule has 174 valence electrons. The molecule has 2 N–H and O–H groups in total. The number of hydrogen-bond acceptors (Lipinski definition) is 5. The molecule has 2 aromatic carbocycles. The van der Waals surface area contributed by atoms with E-state index in [0.29, 0.717) is 6.54 Å². The number of aliphatic hydroxyl groups is 1. The molecule has 0 saturated carbocycles. The van der Waals surface area contributed by atoms with E-state index in [1.165, 1.54) is 17.8 Å². The zero-order valence-corrected chi connectivity index (χ0v) is 20.7. The summed E-state index contributed by atoms with van der Waals surface area (Å²) in [7, 11) is 2.09. The first-order valence-corrected chi connectivity index (χ1v) is 10.7. The van der Waals surface area contributed by atoms with Crippen LogP contribution in [0, 0.1) is 10.1 Å². The van der Waals surface area contributed by atoms with Crippen molar-refractivity contribution in [1.29, 1.82) is 0 Å². The maximum Gasteiger partial charge on any atom is 0.269 e. The Morgan fingerprint density at radius 3 is 2.47 bits per heavy atom. The first-order valence-electron chi connectivity index (χ1n) is 10.7. The Hall–Kier alpha value is -2.40. The molecule has 0 aromatic heterocycles. The molecule has 1 saturated heterocycles. The van der Waals surface area contributed by atoms with Gasteiger partial charge in [0, 0.05) is 51.0 Å². The van der Waals surface area contributed by atoms with E-state index in [4.69, 9.17) is 4.99 Å². The summed E-state index contributed by atoms with van der Waals surface area (Å²) in [5.41, 5.74) is 2.20. The number of halogens is 1. The lowest BCUT2D eigenvalue weighted by Gasteiger charge is -2.32. The number of nitrogens with zero attached hydrogens (tertiary/aromatic N) is 4. The number of para-hydroxylation sites is 1. The maximum atomic E-state index is 10.8. The minimum Gasteiger partial charge on any atom is -0.393 e. The molecule has 0 aliphatic carbocycles. The molecule has 1 aliphatic heterocycles. The van der Waals surface area contributed by atoms with Crippen LogP contribution in [0.2, 0.25) is 0 Å². The zero-order valence-electron chi connectivity index (χ0n) is 18.4. The van der Waals surface area contributed by atoms with Crippen molar-refractivity contribution in [2.24, 2.45) is 4.99 Å². The molecule has 0 radical (unpaired) electrons. The van der Waals surface area contributed by atoms with Gasteiger partial charge < -0.3 is 20.2 Å². The molecule has 1 aliphatic rings. The number of aliphatic hydroxyl groups excluding tert-OH is 1. The van der Waals surface area contributed by atoms with Gasteiger partial charge in [0.1, 0.15) is 0 Å². The molecule has 0 bridgehead atoms. The molecule has 0 spiro atoms. The van der Waals surface area contributed by atoms with Crippen LogP contribution in [-0.2, 0) is 6.54 Å². The third kappa shape index (κ3) is 7.94. The van der Waals surface area contributed by atoms with Gasteiger partial charge in [-0.2, -0.15) is 0 Å². The fourth-order valence-electron chi connectivity index (χ4n) is 3.56. The number of guanidine groups is 1. The van der Waals surface area contributed by atoms with E-state index >= 15 is 0 Å². The van der Waals surface area contributed by atoms with Crippen LogP contribution in [0.3, 0.4) is 0 Å². The normalized spacial score (nSPS) is 14.6. The van der Waals surface area contributed by atoms with E-state index in [0.717, 1.165) is 57.0 Å². The number of anilines is 1. The van der Waals surface area contributed by atoms with E-state index in [-0.39, 0.29) is 35.8 Å². The Bertz CT molecular complexity index is 856. The maximum absolute atomic E-state index is 10.8. The van der Waals surface area contributed by atoms with E-state index < -0.39 is 4.92 Å². The summed E-state index contributed by atoms with van der Waals surface area (Å²) < 4.78 is 0. The fourth-order valence-corrected chi connectivity index (χ4v) is 3.56. The van der Waals surface area contributed by atoms with Gasteiger partial charge in [-0.25, -0.2) is 4.99 Å². The summed E-state index contributed by atoms with van der Waals surface area (Å²) in [6.07, 6.45) is 2.18. The van der Waals surface area contributed by atoms with Gasteiger partial charge in [-0.05, 0) is 37.0 Å². The SMILES string of the molecule is CN(CCCNC(=NCc1ccc([N+](=O)[O-])cc1)N1CCC(O)CC1)c1ccccc1.I. The highest BCUT2D eigenvalue weighted by Crippen LogP contribution is 2.14. The Morgan fingerprint density at radius 1 is 1.19 bits per heavy atom. The minimum atomic E-state index is -0.397. The highest BCUT2D eigenvalue weighted by Gasteiger charge is 2.19. The number of hydrogen-bond donors (Lipinski definition) is 2. The van der Waals surface area contributed by atoms with Crippen LogP contribution < -0.4 is 10.2 Å². The van der Waals surface area contributed by atoms with Gasteiger partial charge in [0.2, 0.25) is 0 Å². The van der Waals surface area contributed by atoms with Crippen molar-refractivity contribution >= 4 is 41.3 Å². The first-order chi connectivity index (χ1) is 15.0. The summed E-state index contributed by atoms with van der Waals surface area (Å²) in [5.74, 6) is 0.826. The van der Waals surface area contributed by atoms with Crippen molar-refractivity contribution in [2.75, 3.05) is 38.1 Å². The molecular weight excluding hydrogens is 521 g/mol. The molecule has 0 atom stereocenters. The first kappa shape index (κ1) is 25.9. The van der Waals surface area contributed by atoms with Crippen molar-refractivity contribution < 1.29 is 10.0 Å².